The Morgan fingerprint density at radius 1 is 1.36 bits per heavy atom. The normalized spacial score (nSPS) is 11.9. The van der Waals surface area contributed by atoms with E-state index in [4.69, 9.17) is 0 Å². The Hall–Kier alpha value is -1.10. The fraction of sp³-hybridized carbons (Fsp3) is 0.778. The van der Waals surface area contributed by atoms with Crippen LogP contribution in [0.1, 0.15) is 13.8 Å². The minimum atomic E-state index is -0.225. The van der Waals surface area contributed by atoms with Gasteiger partial charge in [0, 0.05) is 26.6 Å². The van der Waals surface area contributed by atoms with Crippen LogP contribution in [0.3, 0.4) is 0 Å². The SMILES string of the molecule is COC(=O)C(C)CNCCNC(C)=O. The van der Waals surface area contributed by atoms with Crippen molar-refractivity contribution in [2.45, 2.75) is 13.8 Å². The number of carbonyl (C=O) groups excluding carboxylic acids is 2. The van der Waals surface area contributed by atoms with Gasteiger partial charge in [-0.15, -0.1) is 0 Å². The molecule has 0 rings (SSSR count). The Morgan fingerprint density at radius 3 is 2.50 bits per heavy atom. The first-order valence-corrected chi connectivity index (χ1v) is 4.61. The number of rotatable bonds is 6. The number of hydrogen-bond donors (Lipinski definition) is 2. The Morgan fingerprint density at radius 2 is 2.00 bits per heavy atom. The molecule has 5 heteroatoms. The first-order chi connectivity index (χ1) is 6.57. The Balaban J connectivity index is 3.36. The van der Waals surface area contributed by atoms with Gasteiger partial charge in [0.25, 0.3) is 0 Å². The van der Waals surface area contributed by atoms with E-state index in [9.17, 15) is 9.59 Å². The molecule has 0 spiro atoms. The van der Waals surface area contributed by atoms with Crippen LogP contribution in [0.4, 0.5) is 0 Å². The number of hydrogen-bond acceptors (Lipinski definition) is 4. The summed E-state index contributed by atoms with van der Waals surface area (Å²) in [5, 5.41) is 5.69. The third-order valence-electron chi connectivity index (χ3n) is 1.73. The van der Waals surface area contributed by atoms with Gasteiger partial charge in [-0.2, -0.15) is 0 Å². The van der Waals surface area contributed by atoms with E-state index < -0.39 is 0 Å². The number of amides is 1. The lowest BCUT2D eigenvalue weighted by atomic mass is 10.2. The van der Waals surface area contributed by atoms with Crippen molar-refractivity contribution in [3.8, 4) is 0 Å². The van der Waals surface area contributed by atoms with E-state index in [1.807, 2.05) is 0 Å². The molecule has 1 amide bonds. The van der Waals surface area contributed by atoms with E-state index in [2.05, 4.69) is 15.4 Å². The number of esters is 1. The van der Waals surface area contributed by atoms with E-state index in [0.29, 0.717) is 19.6 Å². The summed E-state index contributed by atoms with van der Waals surface area (Å²) in [4.78, 5) is 21.4. The molecule has 0 aliphatic carbocycles. The van der Waals surface area contributed by atoms with Gasteiger partial charge in [-0.1, -0.05) is 6.92 Å². The molecule has 1 atom stereocenters. The van der Waals surface area contributed by atoms with Gasteiger partial charge in [-0.05, 0) is 0 Å². The van der Waals surface area contributed by atoms with Gasteiger partial charge in [0.1, 0.15) is 0 Å². The van der Waals surface area contributed by atoms with Crippen LogP contribution in [0.15, 0.2) is 0 Å². The van der Waals surface area contributed by atoms with Gasteiger partial charge < -0.3 is 15.4 Å². The molecule has 0 aromatic carbocycles. The van der Waals surface area contributed by atoms with Crippen molar-refractivity contribution in [3.05, 3.63) is 0 Å². The first kappa shape index (κ1) is 12.9. The molecule has 0 aromatic rings. The maximum Gasteiger partial charge on any atom is 0.309 e. The van der Waals surface area contributed by atoms with Gasteiger partial charge in [0.2, 0.25) is 5.91 Å². The maximum atomic E-state index is 11.0. The van der Waals surface area contributed by atoms with Gasteiger partial charge in [-0.3, -0.25) is 9.59 Å². The van der Waals surface area contributed by atoms with Crippen molar-refractivity contribution in [2.75, 3.05) is 26.7 Å². The highest BCUT2D eigenvalue weighted by atomic mass is 16.5. The average molecular weight is 202 g/mol. The molecule has 0 aromatic heterocycles. The molecule has 0 saturated carbocycles. The van der Waals surface area contributed by atoms with E-state index in [0.717, 1.165) is 0 Å². The summed E-state index contributed by atoms with van der Waals surface area (Å²) < 4.78 is 4.56. The summed E-state index contributed by atoms with van der Waals surface area (Å²) in [5.74, 6) is -0.429. The molecule has 0 aliphatic rings. The predicted molar refractivity (Wildman–Crippen MR) is 52.7 cm³/mol. The number of carbonyl (C=O) groups is 2. The zero-order valence-electron chi connectivity index (χ0n) is 8.92. The van der Waals surface area contributed by atoms with Crippen LogP contribution in [-0.2, 0) is 14.3 Å². The number of nitrogens with one attached hydrogen (secondary N) is 2. The topological polar surface area (TPSA) is 67.4 Å². The molecular weight excluding hydrogens is 184 g/mol. The summed E-state index contributed by atoms with van der Waals surface area (Å²) in [7, 11) is 1.37. The van der Waals surface area contributed by atoms with E-state index in [-0.39, 0.29) is 17.8 Å². The van der Waals surface area contributed by atoms with Crippen LogP contribution in [0, 0.1) is 5.92 Å². The smallest absolute Gasteiger partial charge is 0.309 e. The predicted octanol–water partition coefficient (Wildman–Crippen LogP) is -0.479. The summed E-state index contributed by atoms with van der Waals surface area (Å²) in [6.07, 6.45) is 0. The molecule has 0 aliphatic heterocycles. The van der Waals surface area contributed by atoms with Gasteiger partial charge in [-0.25, -0.2) is 0 Å². The second-order valence-corrected chi connectivity index (χ2v) is 3.11. The van der Waals surface area contributed by atoms with Gasteiger partial charge >= 0.3 is 5.97 Å². The van der Waals surface area contributed by atoms with Crippen LogP contribution < -0.4 is 10.6 Å². The fourth-order valence-electron chi connectivity index (χ4n) is 0.930. The quantitative estimate of drug-likeness (QED) is 0.451. The molecule has 5 nitrogen and oxygen atoms in total. The van der Waals surface area contributed by atoms with E-state index in [1.165, 1.54) is 14.0 Å². The van der Waals surface area contributed by atoms with Crippen LogP contribution in [0.5, 0.6) is 0 Å². The van der Waals surface area contributed by atoms with Crippen molar-refractivity contribution >= 4 is 11.9 Å². The molecular formula is C9H18N2O3. The lowest BCUT2D eigenvalue weighted by Gasteiger charge is -2.10. The molecule has 0 radical (unpaired) electrons. The second-order valence-electron chi connectivity index (χ2n) is 3.11. The number of ether oxygens (including phenoxy) is 1. The molecule has 14 heavy (non-hydrogen) atoms. The van der Waals surface area contributed by atoms with Crippen LogP contribution in [0.25, 0.3) is 0 Å². The Labute approximate surface area is 84.2 Å². The lowest BCUT2D eigenvalue weighted by molar-refractivity contribution is -0.144. The average Bonchev–Trinajstić information content (AvgIpc) is 2.15. The molecule has 0 heterocycles. The van der Waals surface area contributed by atoms with Gasteiger partial charge in [0.05, 0.1) is 13.0 Å². The van der Waals surface area contributed by atoms with Crippen molar-refractivity contribution in [3.63, 3.8) is 0 Å². The molecule has 82 valence electrons. The summed E-state index contributed by atoms with van der Waals surface area (Å²) in [5.41, 5.74) is 0. The first-order valence-electron chi connectivity index (χ1n) is 4.61. The highest BCUT2D eigenvalue weighted by Gasteiger charge is 2.11. The summed E-state index contributed by atoms with van der Waals surface area (Å²) in [6.45, 7) is 5.05. The fourth-order valence-corrected chi connectivity index (χ4v) is 0.930. The van der Waals surface area contributed by atoms with Gasteiger partial charge in [0.15, 0.2) is 0 Å². The minimum Gasteiger partial charge on any atom is -0.469 e. The van der Waals surface area contributed by atoms with Crippen LogP contribution in [0.2, 0.25) is 0 Å². The minimum absolute atomic E-state index is 0.0483. The zero-order valence-corrected chi connectivity index (χ0v) is 8.92. The molecule has 2 N–H and O–H groups in total. The number of methoxy groups -OCH3 is 1. The van der Waals surface area contributed by atoms with Crippen molar-refractivity contribution < 1.29 is 14.3 Å². The molecule has 0 bridgehead atoms. The second kappa shape index (κ2) is 7.32. The van der Waals surface area contributed by atoms with Crippen molar-refractivity contribution in [1.29, 1.82) is 0 Å². The van der Waals surface area contributed by atoms with Crippen molar-refractivity contribution in [2.24, 2.45) is 5.92 Å². The molecule has 1 unspecified atom stereocenters. The third-order valence-corrected chi connectivity index (χ3v) is 1.73. The highest BCUT2D eigenvalue weighted by molar-refractivity contribution is 5.72. The highest BCUT2D eigenvalue weighted by Crippen LogP contribution is 1.94. The van der Waals surface area contributed by atoms with Crippen LogP contribution >= 0.6 is 0 Å². The molecule has 0 saturated heterocycles. The van der Waals surface area contributed by atoms with Crippen molar-refractivity contribution in [1.82, 2.24) is 10.6 Å². The molecule has 0 fully saturated rings. The maximum absolute atomic E-state index is 11.0. The largest absolute Gasteiger partial charge is 0.469 e. The Bertz CT molecular complexity index is 194. The summed E-state index contributed by atoms with van der Waals surface area (Å²) >= 11 is 0. The zero-order chi connectivity index (χ0) is 11.0. The van der Waals surface area contributed by atoms with Crippen LogP contribution in [-0.4, -0.2) is 38.6 Å². The standard InChI is InChI=1S/C9H18N2O3/c1-7(9(13)14-3)6-10-4-5-11-8(2)12/h7,10H,4-6H2,1-3H3,(H,11,12). The third kappa shape index (κ3) is 6.42. The van der Waals surface area contributed by atoms with E-state index in [1.54, 1.807) is 6.92 Å². The lowest BCUT2D eigenvalue weighted by Crippen LogP contribution is -2.34. The summed E-state index contributed by atoms with van der Waals surface area (Å²) in [6, 6.07) is 0. The Kier molecular flexibility index (Phi) is 6.74. The van der Waals surface area contributed by atoms with E-state index >= 15 is 0 Å². The monoisotopic (exact) mass is 202 g/mol.